The maximum atomic E-state index is 12.7. The predicted molar refractivity (Wildman–Crippen MR) is 116 cm³/mol. The Bertz CT molecular complexity index is 800. The summed E-state index contributed by atoms with van der Waals surface area (Å²) in [6.45, 7) is 1.90. The molecule has 2 aromatic rings. The molecule has 9 heteroatoms. The van der Waals surface area contributed by atoms with Crippen molar-refractivity contribution >= 4 is 53.9 Å². The van der Waals surface area contributed by atoms with E-state index in [1.807, 2.05) is 6.07 Å². The minimum atomic E-state index is 0. The van der Waals surface area contributed by atoms with Crippen LogP contribution in [0.3, 0.4) is 0 Å². The summed E-state index contributed by atoms with van der Waals surface area (Å²) in [4.78, 5) is 19.1. The second kappa shape index (κ2) is 10.2. The number of nitrogens with zero attached hydrogens (tertiary/aromatic N) is 2. The Morgan fingerprint density at radius 3 is 2.79 bits per heavy atom. The number of hydrogen-bond donors (Lipinski definition) is 1. The van der Waals surface area contributed by atoms with Crippen LogP contribution in [0.1, 0.15) is 31.6 Å². The molecule has 0 radical (unpaired) electrons. The van der Waals surface area contributed by atoms with Gasteiger partial charge in [-0.15, -0.1) is 24.8 Å². The van der Waals surface area contributed by atoms with Crippen molar-refractivity contribution in [3.63, 3.8) is 0 Å². The molecule has 0 saturated carbocycles. The van der Waals surface area contributed by atoms with Crippen LogP contribution < -0.4 is 5.32 Å². The largest absolute Gasteiger partial charge is 0.441 e. The highest BCUT2D eigenvalue weighted by atomic mass is 35.5. The van der Waals surface area contributed by atoms with Crippen LogP contribution in [0, 0.1) is 0 Å². The molecule has 2 saturated heterocycles. The number of carbonyl (C=O) groups excluding carboxylic acids is 1. The highest BCUT2D eigenvalue weighted by Gasteiger charge is 2.37. The fraction of sp³-hybridized carbons (Fsp3) is 0.474. The van der Waals surface area contributed by atoms with Gasteiger partial charge in [0.2, 0.25) is 5.91 Å². The Labute approximate surface area is 187 Å². The topological polar surface area (TPSA) is 58.4 Å². The quantitative estimate of drug-likeness (QED) is 0.704. The molecule has 0 spiro atoms. The summed E-state index contributed by atoms with van der Waals surface area (Å²) in [5.74, 6) is 1.35. The van der Waals surface area contributed by atoms with Gasteiger partial charge in [0.15, 0.2) is 11.7 Å². The second-order valence-corrected chi connectivity index (χ2v) is 7.76. The minimum absolute atomic E-state index is 0. The molecule has 154 valence electrons. The van der Waals surface area contributed by atoms with Gasteiger partial charge in [-0.2, -0.15) is 0 Å². The first-order valence-electron chi connectivity index (χ1n) is 9.04. The van der Waals surface area contributed by atoms with Crippen molar-refractivity contribution in [2.24, 2.45) is 0 Å². The third-order valence-electron chi connectivity index (χ3n) is 5.25. The molecular formula is C19H23Cl4N3O2. The van der Waals surface area contributed by atoms with Crippen molar-refractivity contribution in [2.45, 2.75) is 44.2 Å². The molecule has 28 heavy (non-hydrogen) atoms. The maximum absolute atomic E-state index is 12.7. The number of hydrogen-bond acceptors (Lipinski definition) is 4. The molecule has 1 aromatic heterocycles. The fourth-order valence-electron chi connectivity index (χ4n) is 3.97. The molecular weight excluding hydrogens is 444 g/mol. The van der Waals surface area contributed by atoms with Gasteiger partial charge in [-0.1, -0.05) is 23.2 Å². The molecule has 2 aliphatic rings. The summed E-state index contributed by atoms with van der Waals surface area (Å²) in [6.07, 6.45) is 5.82. The Morgan fingerprint density at radius 1 is 1.21 bits per heavy atom. The number of aromatic nitrogens is 1. The molecule has 5 nitrogen and oxygen atoms in total. The van der Waals surface area contributed by atoms with Gasteiger partial charge in [0.1, 0.15) is 0 Å². The summed E-state index contributed by atoms with van der Waals surface area (Å²) in [5.41, 5.74) is 0.748. The molecule has 2 unspecified atom stereocenters. The SMILES string of the molecule is Cl.Cl.O=C(CCc1ncc(-c2ccc(Cl)cc2Cl)o1)N1C2CCNCC1CC2. The number of fused-ring (bicyclic) bond motifs is 2. The van der Waals surface area contributed by atoms with E-state index >= 15 is 0 Å². The van der Waals surface area contributed by atoms with E-state index in [0.717, 1.165) is 37.9 Å². The lowest BCUT2D eigenvalue weighted by atomic mass is 10.1. The number of nitrogens with one attached hydrogen (secondary N) is 1. The Hall–Kier alpha value is -0.980. The highest BCUT2D eigenvalue weighted by molar-refractivity contribution is 6.36. The number of aryl methyl sites for hydroxylation is 1. The van der Waals surface area contributed by atoms with Crippen LogP contribution >= 0.6 is 48.0 Å². The Balaban J connectivity index is 0.00000140. The molecule has 3 heterocycles. The molecule has 4 rings (SSSR count). The van der Waals surface area contributed by atoms with Gasteiger partial charge < -0.3 is 14.6 Å². The summed E-state index contributed by atoms with van der Waals surface area (Å²) < 4.78 is 5.80. The minimum Gasteiger partial charge on any atom is -0.441 e. The van der Waals surface area contributed by atoms with Crippen molar-refractivity contribution in [1.29, 1.82) is 0 Å². The molecule has 1 N–H and O–H groups in total. The van der Waals surface area contributed by atoms with Crippen molar-refractivity contribution in [2.75, 3.05) is 13.1 Å². The van der Waals surface area contributed by atoms with Gasteiger partial charge in [0.25, 0.3) is 0 Å². The zero-order valence-electron chi connectivity index (χ0n) is 15.2. The first kappa shape index (κ1) is 23.3. The van der Waals surface area contributed by atoms with Crippen LogP contribution in [0.4, 0.5) is 0 Å². The van der Waals surface area contributed by atoms with Crippen molar-refractivity contribution < 1.29 is 9.21 Å². The third-order valence-corrected chi connectivity index (χ3v) is 5.79. The summed E-state index contributed by atoms with van der Waals surface area (Å²) in [7, 11) is 0. The van der Waals surface area contributed by atoms with E-state index in [-0.39, 0.29) is 30.7 Å². The van der Waals surface area contributed by atoms with Gasteiger partial charge in [-0.25, -0.2) is 4.98 Å². The normalized spacial score (nSPS) is 20.9. The number of oxazole rings is 1. The van der Waals surface area contributed by atoms with Crippen LogP contribution in [0.25, 0.3) is 11.3 Å². The Morgan fingerprint density at radius 2 is 2.00 bits per heavy atom. The van der Waals surface area contributed by atoms with E-state index in [1.54, 1.807) is 18.3 Å². The number of benzene rings is 1. The lowest BCUT2D eigenvalue weighted by molar-refractivity contribution is -0.133. The smallest absolute Gasteiger partial charge is 0.223 e. The maximum Gasteiger partial charge on any atom is 0.223 e. The van der Waals surface area contributed by atoms with Crippen LogP contribution in [-0.4, -0.2) is 41.0 Å². The first-order valence-corrected chi connectivity index (χ1v) is 9.79. The lowest BCUT2D eigenvalue weighted by Gasteiger charge is -2.27. The van der Waals surface area contributed by atoms with E-state index in [1.165, 1.54) is 0 Å². The van der Waals surface area contributed by atoms with Gasteiger partial charge in [-0.3, -0.25) is 4.79 Å². The van der Waals surface area contributed by atoms with E-state index in [2.05, 4.69) is 15.2 Å². The number of carbonyl (C=O) groups is 1. The third kappa shape index (κ3) is 4.95. The molecule has 1 amide bonds. The molecule has 0 aliphatic carbocycles. The van der Waals surface area contributed by atoms with E-state index < -0.39 is 0 Å². The summed E-state index contributed by atoms with van der Waals surface area (Å²) in [5, 5.41) is 4.51. The average Bonchev–Trinajstić information content (AvgIpc) is 3.16. The Kier molecular flexibility index (Phi) is 8.46. The van der Waals surface area contributed by atoms with Gasteiger partial charge >= 0.3 is 0 Å². The summed E-state index contributed by atoms with van der Waals surface area (Å²) in [6, 6.07) is 5.96. The zero-order valence-corrected chi connectivity index (χ0v) is 18.3. The fourth-order valence-corrected chi connectivity index (χ4v) is 4.47. The standard InChI is InChI=1S/C19H21Cl2N3O2.2ClH/c20-12-1-4-15(16(21)9-12)17-11-23-18(26-17)5-6-19(25)24-13-2-3-14(24)10-22-8-7-13;;/h1,4,9,11,13-14,22H,2-3,5-8,10H2;2*1H. The monoisotopic (exact) mass is 465 g/mol. The van der Waals surface area contributed by atoms with Crippen LogP contribution in [0.5, 0.6) is 0 Å². The van der Waals surface area contributed by atoms with E-state index in [4.69, 9.17) is 27.6 Å². The molecule has 2 aliphatic heterocycles. The van der Waals surface area contributed by atoms with E-state index in [9.17, 15) is 4.79 Å². The van der Waals surface area contributed by atoms with Crippen molar-refractivity contribution in [3.8, 4) is 11.3 Å². The lowest BCUT2D eigenvalue weighted by Crippen LogP contribution is -2.42. The van der Waals surface area contributed by atoms with Gasteiger partial charge in [0.05, 0.1) is 11.2 Å². The summed E-state index contributed by atoms with van der Waals surface area (Å²) >= 11 is 12.1. The van der Waals surface area contributed by atoms with Crippen molar-refractivity contribution in [1.82, 2.24) is 15.2 Å². The molecule has 1 aromatic carbocycles. The van der Waals surface area contributed by atoms with Crippen molar-refractivity contribution in [3.05, 3.63) is 40.3 Å². The molecule has 2 bridgehead atoms. The van der Waals surface area contributed by atoms with Gasteiger partial charge in [0, 0.05) is 42.1 Å². The zero-order chi connectivity index (χ0) is 18.1. The number of halogens is 4. The molecule has 2 fully saturated rings. The predicted octanol–water partition coefficient (Wildman–Crippen LogP) is 4.78. The van der Waals surface area contributed by atoms with Crippen LogP contribution in [0.15, 0.2) is 28.8 Å². The van der Waals surface area contributed by atoms with Crippen LogP contribution in [0.2, 0.25) is 10.0 Å². The highest BCUT2D eigenvalue weighted by Crippen LogP contribution is 2.31. The second-order valence-electron chi connectivity index (χ2n) is 6.92. The average molecular weight is 467 g/mol. The van der Waals surface area contributed by atoms with Crippen LogP contribution in [-0.2, 0) is 11.2 Å². The number of amides is 1. The number of rotatable bonds is 4. The van der Waals surface area contributed by atoms with E-state index in [0.29, 0.717) is 46.6 Å². The first-order chi connectivity index (χ1) is 12.6. The van der Waals surface area contributed by atoms with Gasteiger partial charge in [-0.05, 0) is 44.0 Å². The molecule has 2 atom stereocenters.